The van der Waals surface area contributed by atoms with Gasteiger partial charge in [-0.1, -0.05) is 30.3 Å². The van der Waals surface area contributed by atoms with E-state index in [1.807, 2.05) is 30.3 Å². The number of rotatable bonds is 10. The van der Waals surface area contributed by atoms with Crippen LogP contribution >= 0.6 is 11.8 Å². The van der Waals surface area contributed by atoms with Crippen molar-refractivity contribution in [2.45, 2.75) is 37.2 Å². The zero-order chi connectivity index (χ0) is 25.3. The SMILES string of the molecule is O=C(CC1CC(=O)NC(SCC(=O)Nc2ccc(OC(F)(F)F)cc2)N1)NCCc1ccccc1. The minimum absolute atomic E-state index is 0.0330. The summed E-state index contributed by atoms with van der Waals surface area (Å²) in [4.78, 5) is 36.5. The molecule has 2 atom stereocenters. The smallest absolute Gasteiger partial charge is 0.406 e. The van der Waals surface area contributed by atoms with Gasteiger partial charge in [0.2, 0.25) is 17.7 Å². The largest absolute Gasteiger partial charge is 0.573 e. The first-order valence-corrected chi connectivity index (χ1v) is 11.8. The van der Waals surface area contributed by atoms with Crippen molar-refractivity contribution in [3.8, 4) is 5.75 Å². The number of ether oxygens (including phenoxy) is 1. The highest BCUT2D eigenvalue weighted by atomic mass is 32.2. The Hall–Kier alpha value is -3.25. The predicted molar refractivity (Wildman–Crippen MR) is 125 cm³/mol. The van der Waals surface area contributed by atoms with Gasteiger partial charge < -0.3 is 20.7 Å². The van der Waals surface area contributed by atoms with Crippen LogP contribution in [0, 0.1) is 0 Å². The summed E-state index contributed by atoms with van der Waals surface area (Å²) in [5.41, 5.74) is 0.853. The molecule has 1 fully saturated rings. The van der Waals surface area contributed by atoms with Crippen molar-refractivity contribution >= 4 is 35.2 Å². The van der Waals surface area contributed by atoms with Gasteiger partial charge in [-0.3, -0.25) is 19.7 Å². The molecule has 3 amide bonds. The van der Waals surface area contributed by atoms with E-state index in [9.17, 15) is 27.6 Å². The number of hydrogen-bond donors (Lipinski definition) is 4. The van der Waals surface area contributed by atoms with E-state index in [-0.39, 0.29) is 36.5 Å². The number of halogens is 3. The van der Waals surface area contributed by atoms with E-state index in [4.69, 9.17) is 0 Å². The van der Waals surface area contributed by atoms with Gasteiger partial charge in [-0.25, -0.2) is 0 Å². The van der Waals surface area contributed by atoms with Crippen LogP contribution in [-0.2, 0) is 20.8 Å². The molecule has 0 saturated carbocycles. The van der Waals surface area contributed by atoms with Crippen LogP contribution in [-0.4, -0.2) is 47.9 Å². The monoisotopic (exact) mass is 510 g/mol. The van der Waals surface area contributed by atoms with Crippen LogP contribution in [0.25, 0.3) is 0 Å². The topological polar surface area (TPSA) is 109 Å². The summed E-state index contributed by atoms with van der Waals surface area (Å²) in [6, 6.07) is 14.1. The molecule has 3 rings (SSSR count). The van der Waals surface area contributed by atoms with Gasteiger partial charge in [-0.2, -0.15) is 0 Å². The molecular formula is C23H25F3N4O4S. The van der Waals surface area contributed by atoms with Gasteiger partial charge >= 0.3 is 6.36 Å². The molecule has 0 bridgehead atoms. The molecule has 0 aromatic heterocycles. The number of thioether (sulfide) groups is 1. The summed E-state index contributed by atoms with van der Waals surface area (Å²) in [7, 11) is 0. The molecule has 35 heavy (non-hydrogen) atoms. The van der Waals surface area contributed by atoms with Gasteiger partial charge in [0, 0.05) is 31.1 Å². The van der Waals surface area contributed by atoms with E-state index < -0.39 is 23.5 Å². The van der Waals surface area contributed by atoms with E-state index in [1.54, 1.807) is 0 Å². The normalized spacial score (nSPS) is 17.9. The zero-order valence-electron chi connectivity index (χ0n) is 18.6. The molecule has 2 unspecified atom stereocenters. The third-order valence-corrected chi connectivity index (χ3v) is 5.89. The molecule has 0 spiro atoms. The van der Waals surface area contributed by atoms with Gasteiger partial charge in [0.15, 0.2) is 0 Å². The Morgan fingerprint density at radius 3 is 2.46 bits per heavy atom. The highest BCUT2D eigenvalue weighted by Crippen LogP contribution is 2.24. The maximum Gasteiger partial charge on any atom is 0.573 e. The molecule has 12 heteroatoms. The molecule has 1 saturated heterocycles. The maximum atomic E-state index is 12.3. The van der Waals surface area contributed by atoms with Crippen molar-refractivity contribution in [2.24, 2.45) is 0 Å². The lowest BCUT2D eigenvalue weighted by Gasteiger charge is -2.30. The van der Waals surface area contributed by atoms with Crippen molar-refractivity contribution in [3.63, 3.8) is 0 Å². The van der Waals surface area contributed by atoms with Crippen LogP contribution in [0.1, 0.15) is 18.4 Å². The molecule has 2 aromatic rings. The Kier molecular flexibility index (Phi) is 9.38. The number of benzene rings is 2. The lowest BCUT2D eigenvalue weighted by atomic mass is 10.1. The highest BCUT2D eigenvalue weighted by Gasteiger charge is 2.31. The number of carbonyl (C=O) groups excluding carboxylic acids is 3. The molecule has 0 aliphatic carbocycles. The molecule has 188 valence electrons. The third kappa shape index (κ3) is 9.87. The Balaban J connectivity index is 1.38. The van der Waals surface area contributed by atoms with Gasteiger partial charge in [0.25, 0.3) is 0 Å². The third-order valence-electron chi connectivity index (χ3n) is 4.87. The average molecular weight is 511 g/mol. The first-order chi connectivity index (χ1) is 16.7. The minimum Gasteiger partial charge on any atom is -0.406 e. The Morgan fingerprint density at radius 2 is 1.77 bits per heavy atom. The van der Waals surface area contributed by atoms with Crippen LogP contribution in [0.15, 0.2) is 54.6 Å². The van der Waals surface area contributed by atoms with Crippen molar-refractivity contribution in [3.05, 3.63) is 60.2 Å². The molecule has 1 aliphatic heterocycles. The fraction of sp³-hybridized carbons (Fsp3) is 0.348. The minimum atomic E-state index is -4.79. The first-order valence-electron chi connectivity index (χ1n) is 10.8. The average Bonchev–Trinajstić information content (AvgIpc) is 2.78. The molecular weight excluding hydrogens is 485 g/mol. The van der Waals surface area contributed by atoms with Crippen molar-refractivity contribution in [2.75, 3.05) is 17.6 Å². The lowest BCUT2D eigenvalue weighted by molar-refractivity contribution is -0.274. The van der Waals surface area contributed by atoms with Crippen molar-refractivity contribution in [1.82, 2.24) is 16.0 Å². The van der Waals surface area contributed by atoms with Crippen LogP contribution in [0.5, 0.6) is 5.75 Å². The lowest BCUT2D eigenvalue weighted by Crippen LogP contribution is -2.56. The van der Waals surface area contributed by atoms with E-state index in [2.05, 4.69) is 26.0 Å². The van der Waals surface area contributed by atoms with E-state index in [1.165, 1.54) is 12.1 Å². The van der Waals surface area contributed by atoms with Gasteiger partial charge in [-0.15, -0.1) is 24.9 Å². The van der Waals surface area contributed by atoms with Gasteiger partial charge in [0.05, 0.1) is 5.75 Å². The van der Waals surface area contributed by atoms with Gasteiger partial charge in [-0.05, 0) is 36.2 Å². The second-order valence-electron chi connectivity index (χ2n) is 7.74. The molecule has 8 nitrogen and oxygen atoms in total. The fourth-order valence-electron chi connectivity index (χ4n) is 3.35. The first kappa shape index (κ1) is 26.4. The second kappa shape index (κ2) is 12.5. The number of carbonyl (C=O) groups is 3. The molecule has 1 heterocycles. The second-order valence-corrected chi connectivity index (χ2v) is 8.83. The Morgan fingerprint density at radius 1 is 1.06 bits per heavy atom. The summed E-state index contributed by atoms with van der Waals surface area (Å²) in [6.07, 6.45) is -3.82. The predicted octanol–water partition coefficient (Wildman–Crippen LogP) is 2.77. The van der Waals surface area contributed by atoms with Crippen LogP contribution in [0.4, 0.5) is 18.9 Å². The quantitative estimate of drug-likeness (QED) is 0.392. The Labute approximate surface area is 204 Å². The standard InChI is InChI=1S/C23H25F3N4O4S/c24-23(25,26)34-18-8-6-16(7-9-18)28-21(33)14-35-22-29-17(13-20(32)30-22)12-19(31)27-11-10-15-4-2-1-3-5-15/h1-9,17,22,29H,10-14H2,(H,27,31)(H,28,33)(H,30,32). The summed E-state index contributed by atoms with van der Waals surface area (Å²) in [5, 5.41) is 11.3. The number of alkyl halides is 3. The Bertz CT molecular complexity index is 1010. The summed E-state index contributed by atoms with van der Waals surface area (Å²) in [6.45, 7) is 0.490. The molecule has 2 aromatic carbocycles. The van der Waals surface area contributed by atoms with Crippen molar-refractivity contribution < 1.29 is 32.3 Å². The summed E-state index contributed by atoms with van der Waals surface area (Å²) in [5.74, 6) is -1.24. The number of nitrogens with one attached hydrogen (secondary N) is 4. The maximum absolute atomic E-state index is 12.3. The molecule has 1 aliphatic rings. The summed E-state index contributed by atoms with van der Waals surface area (Å²) >= 11 is 1.13. The fourth-order valence-corrected chi connectivity index (χ4v) is 4.24. The number of amides is 3. The molecule has 4 N–H and O–H groups in total. The number of hydrogen-bond acceptors (Lipinski definition) is 6. The highest BCUT2D eigenvalue weighted by molar-refractivity contribution is 8.00. The van der Waals surface area contributed by atoms with E-state index >= 15 is 0 Å². The van der Waals surface area contributed by atoms with E-state index in [0.717, 1.165) is 29.5 Å². The zero-order valence-corrected chi connectivity index (χ0v) is 19.4. The van der Waals surface area contributed by atoms with Crippen LogP contribution in [0.2, 0.25) is 0 Å². The van der Waals surface area contributed by atoms with Crippen molar-refractivity contribution in [1.29, 1.82) is 0 Å². The summed E-state index contributed by atoms with van der Waals surface area (Å²) < 4.78 is 40.4. The number of anilines is 1. The van der Waals surface area contributed by atoms with E-state index in [0.29, 0.717) is 18.7 Å². The van der Waals surface area contributed by atoms with Crippen LogP contribution in [0.3, 0.4) is 0 Å². The molecule has 0 radical (unpaired) electrons. The van der Waals surface area contributed by atoms with Crippen LogP contribution < -0.4 is 26.0 Å². The van der Waals surface area contributed by atoms with Gasteiger partial charge in [0.1, 0.15) is 11.2 Å².